The molecule has 136 valence electrons. The smallest absolute Gasteiger partial charge is 0.277 e. The van der Waals surface area contributed by atoms with E-state index < -0.39 is 11.7 Å². The van der Waals surface area contributed by atoms with Crippen LogP contribution in [0.3, 0.4) is 0 Å². The number of rotatable bonds is 4. The number of amides is 2. The molecule has 1 saturated heterocycles. The molecule has 0 radical (unpaired) electrons. The summed E-state index contributed by atoms with van der Waals surface area (Å²) < 4.78 is 19.0. The molecule has 0 aliphatic carbocycles. The van der Waals surface area contributed by atoms with Gasteiger partial charge in [-0.25, -0.2) is 4.39 Å². The van der Waals surface area contributed by atoms with Gasteiger partial charge in [0.05, 0.1) is 16.9 Å². The van der Waals surface area contributed by atoms with Gasteiger partial charge >= 0.3 is 0 Å². The van der Waals surface area contributed by atoms with Crippen molar-refractivity contribution in [3.8, 4) is 11.3 Å². The number of anilines is 2. The molecule has 2 aromatic carbocycles. The zero-order valence-electron chi connectivity index (χ0n) is 14.3. The van der Waals surface area contributed by atoms with Gasteiger partial charge in [0.15, 0.2) is 11.5 Å². The van der Waals surface area contributed by atoms with E-state index in [9.17, 15) is 14.0 Å². The molecule has 1 fully saturated rings. The maximum atomic E-state index is 13.9. The molecule has 27 heavy (non-hydrogen) atoms. The summed E-state index contributed by atoms with van der Waals surface area (Å²) in [6.45, 7) is 0.618. The van der Waals surface area contributed by atoms with E-state index in [0.717, 1.165) is 6.42 Å². The van der Waals surface area contributed by atoms with E-state index in [1.54, 1.807) is 41.3 Å². The minimum atomic E-state index is -0.500. The standard InChI is InChI=1S/C20H16FN3O3/c21-14-7-2-1-6-13(14)18-12-16(23-27-18)20(26)22-15-8-3-4-9-17(15)24-11-5-10-19(24)25/h1-4,6-9,12H,5,10-11H2,(H,22,26). The summed E-state index contributed by atoms with van der Waals surface area (Å²) in [6, 6.07) is 14.6. The number of carbonyl (C=O) groups is 2. The Morgan fingerprint density at radius 1 is 1.15 bits per heavy atom. The first-order valence-corrected chi connectivity index (χ1v) is 8.56. The third-order valence-corrected chi connectivity index (χ3v) is 4.40. The maximum absolute atomic E-state index is 13.9. The molecule has 1 aliphatic heterocycles. The molecule has 7 heteroatoms. The van der Waals surface area contributed by atoms with Crippen molar-refractivity contribution >= 4 is 23.2 Å². The van der Waals surface area contributed by atoms with Crippen molar-refractivity contribution in [3.63, 3.8) is 0 Å². The normalized spacial score (nSPS) is 13.8. The topological polar surface area (TPSA) is 75.4 Å². The van der Waals surface area contributed by atoms with E-state index in [4.69, 9.17) is 4.52 Å². The van der Waals surface area contributed by atoms with Crippen LogP contribution in [-0.2, 0) is 4.79 Å². The van der Waals surface area contributed by atoms with Gasteiger partial charge < -0.3 is 14.7 Å². The SMILES string of the molecule is O=C(Nc1ccccc1N1CCCC1=O)c1cc(-c2ccccc2F)on1. The number of carbonyl (C=O) groups excluding carboxylic acids is 2. The molecular weight excluding hydrogens is 349 g/mol. The molecule has 6 nitrogen and oxygen atoms in total. The van der Waals surface area contributed by atoms with Crippen LogP contribution in [0.5, 0.6) is 0 Å². The first kappa shape index (κ1) is 17.0. The zero-order valence-corrected chi connectivity index (χ0v) is 14.3. The van der Waals surface area contributed by atoms with Gasteiger partial charge in [0.25, 0.3) is 5.91 Å². The third kappa shape index (κ3) is 3.31. The highest BCUT2D eigenvalue weighted by Crippen LogP contribution is 2.30. The van der Waals surface area contributed by atoms with E-state index in [0.29, 0.717) is 24.3 Å². The minimum absolute atomic E-state index is 0.0239. The van der Waals surface area contributed by atoms with Crippen molar-refractivity contribution in [1.82, 2.24) is 5.16 Å². The first-order chi connectivity index (χ1) is 13.1. The molecule has 1 aromatic heterocycles. The second kappa shape index (κ2) is 7.03. The highest BCUT2D eigenvalue weighted by Gasteiger charge is 2.25. The van der Waals surface area contributed by atoms with Gasteiger partial charge in [0, 0.05) is 19.0 Å². The summed E-state index contributed by atoms with van der Waals surface area (Å²) in [5.41, 5.74) is 1.40. The zero-order chi connectivity index (χ0) is 18.8. The summed E-state index contributed by atoms with van der Waals surface area (Å²) in [6.07, 6.45) is 1.29. The third-order valence-electron chi connectivity index (χ3n) is 4.40. The Bertz CT molecular complexity index is 1010. The van der Waals surface area contributed by atoms with Crippen LogP contribution < -0.4 is 10.2 Å². The second-order valence-corrected chi connectivity index (χ2v) is 6.18. The molecule has 0 spiro atoms. The lowest BCUT2D eigenvalue weighted by molar-refractivity contribution is -0.117. The summed E-state index contributed by atoms with van der Waals surface area (Å²) >= 11 is 0. The quantitative estimate of drug-likeness (QED) is 0.762. The predicted octanol–water partition coefficient (Wildman–Crippen LogP) is 3.86. The van der Waals surface area contributed by atoms with Gasteiger partial charge in [-0.15, -0.1) is 0 Å². The molecule has 0 atom stereocenters. The molecule has 1 N–H and O–H groups in total. The number of hydrogen-bond donors (Lipinski definition) is 1. The molecule has 1 aliphatic rings. The average molecular weight is 365 g/mol. The monoisotopic (exact) mass is 365 g/mol. The lowest BCUT2D eigenvalue weighted by Crippen LogP contribution is -2.25. The van der Waals surface area contributed by atoms with Crippen LogP contribution in [-0.4, -0.2) is 23.5 Å². The molecule has 3 aromatic rings. The summed E-state index contributed by atoms with van der Waals surface area (Å²) in [4.78, 5) is 26.2. The van der Waals surface area contributed by atoms with Gasteiger partial charge in [0.2, 0.25) is 5.91 Å². The molecule has 0 saturated carbocycles. The van der Waals surface area contributed by atoms with Crippen LogP contribution in [0.25, 0.3) is 11.3 Å². The van der Waals surface area contributed by atoms with Gasteiger partial charge in [-0.1, -0.05) is 29.4 Å². The lowest BCUT2D eigenvalue weighted by Gasteiger charge is -2.19. The van der Waals surface area contributed by atoms with Crippen molar-refractivity contribution in [1.29, 1.82) is 0 Å². The van der Waals surface area contributed by atoms with Crippen LogP contribution in [0.15, 0.2) is 59.1 Å². The molecule has 4 rings (SSSR count). The van der Waals surface area contributed by atoms with E-state index >= 15 is 0 Å². The Morgan fingerprint density at radius 2 is 1.93 bits per heavy atom. The van der Waals surface area contributed by atoms with Crippen LogP contribution in [0.4, 0.5) is 15.8 Å². The number of benzene rings is 2. The second-order valence-electron chi connectivity index (χ2n) is 6.18. The van der Waals surface area contributed by atoms with E-state index in [1.165, 1.54) is 12.1 Å². The number of nitrogens with one attached hydrogen (secondary N) is 1. The van der Waals surface area contributed by atoms with Crippen molar-refractivity contribution < 1.29 is 18.5 Å². The minimum Gasteiger partial charge on any atom is -0.355 e. The fraction of sp³-hybridized carbons (Fsp3) is 0.150. The fourth-order valence-electron chi connectivity index (χ4n) is 3.07. The molecule has 2 amide bonds. The van der Waals surface area contributed by atoms with Crippen LogP contribution >= 0.6 is 0 Å². The highest BCUT2D eigenvalue weighted by molar-refractivity contribution is 6.07. The fourth-order valence-corrected chi connectivity index (χ4v) is 3.07. The average Bonchev–Trinajstić information content (AvgIpc) is 3.32. The predicted molar refractivity (Wildman–Crippen MR) is 97.9 cm³/mol. The van der Waals surface area contributed by atoms with Gasteiger partial charge in [-0.05, 0) is 30.7 Å². The van der Waals surface area contributed by atoms with Gasteiger partial charge in [-0.2, -0.15) is 0 Å². The van der Waals surface area contributed by atoms with Crippen LogP contribution in [0.2, 0.25) is 0 Å². The van der Waals surface area contributed by atoms with E-state index in [1.807, 2.05) is 6.07 Å². The number of hydrogen-bond acceptors (Lipinski definition) is 4. The van der Waals surface area contributed by atoms with E-state index in [-0.39, 0.29) is 22.9 Å². The number of aromatic nitrogens is 1. The Labute approximate surface area is 154 Å². The lowest BCUT2D eigenvalue weighted by atomic mass is 10.1. The van der Waals surface area contributed by atoms with Gasteiger partial charge in [0.1, 0.15) is 5.82 Å². The van der Waals surface area contributed by atoms with Crippen LogP contribution in [0, 0.1) is 5.82 Å². The van der Waals surface area contributed by atoms with Crippen molar-refractivity contribution in [2.75, 3.05) is 16.8 Å². The van der Waals surface area contributed by atoms with Crippen LogP contribution in [0.1, 0.15) is 23.3 Å². The Morgan fingerprint density at radius 3 is 2.70 bits per heavy atom. The Balaban J connectivity index is 1.57. The Hall–Kier alpha value is -3.48. The molecule has 0 bridgehead atoms. The van der Waals surface area contributed by atoms with E-state index in [2.05, 4.69) is 10.5 Å². The molecular formula is C20H16FN3O3. The highest BCUT2D eigenvalue weighted by atomic mass is 19.1. The number of halogens is 1. The molecule has 2 heterocycles. The first-order valence-electron chi connectivity index (χ1n) is 8.56. The molecule has 0 unspecified atom stereocenters. The van der Waals surface area contributed by atoms with Gasteiger partial charge in [-0.3, -0.25) is 9.59 Å². The largest absolute Gasteiger partial charge is 0.355 e. The Kier molecular flexibility index (Phi) is 4.42. The maximum Gasteiger partial charge on any atom is 0.277 e. The summed E-state index contributed by atoms with van der Waals surface area (Å²) in [5, 5.41) is 6.49. The van der Waals surface area contributed by atoms with Crippen molar-refractivity contribution in [3.05, 3.63) is 66.1 Å². The summed E-state index contributed by atoms with van der Waals surface area (Å²) in [7, 11) is 0. The van der Waals surface area contributed by atoms with Crippen molar-refractivity contribution in [2.24, 2.45) is 0 Å². The number of para-hydroxylation sites is 2. The summed E-state index contributed by atoms with van der Waals surface area (Å²) in [5.74, 6) is -0.764. The van der Waals surface area contributed by atoms with Crippen molar-refractivity contribution in [2.45, 2.75) is 12.8 Å². The number of nitrogens with zero attached hydrogens (tertiary/aromatic N) is 2.